The van der Waals surface area contributed by atoms with Crippen LogP contribution in [0.5, 0.6) is 0 Å². The number of carbonyl (C=O) groups excluding carboxylic acids is 1. The number of fused-ring (bicyclic) bond motifs is 1. The third-order valence-electron chi connectivity index (χ3n) is 4.57. The van der Waals surface area contributed by atoms with E-state index in [2.05, 4.69) is 20.4 Å². The summed E-state index contributed by atoms with van der Waals surface area (Å²) in [6, 6.07) is 14.5. The number of thiazole rings is 1. The fourth-order valence-corrected chi connectivity index (χ4v) is 3.92. The molecule has 9 heteroatoms. The smallest absolute Gasteiger partial charge is 0.252 e. The number of carbonyl (C=O) groups is 1. The van der Waals surface area contributed by atoms with Gasteiger partial charge in [0.2, 0.25) is 0 Å². The summed E-state index contributed by atoms with van der Waals surface area (Å²) < 4.78 is 2.51. The molecule has 0 saturated carbocycles. The zero-order chi connectivity index (χ0) is 20.4. The molecule has 29 heavy (non-hydrogen) atoms. The lowest BCUT2D eigenvalue weighted by atomic mass is 10.1. The van der Waals surface area contributed by atoms with E-state index < -0.39 is 18.1 Å². The standard InChI is InChI=1S/C20H19N5O3S/c1-12(13-6-8-14(9-7-13)25-11-21-10-22-25)23-19(28)17(26)18(27)20-24-15-4-2-3-5-16(15)29-20/h2-12,17-18,26-27H,1H3,(H,23,28). The SMILES string of the molecule is CC(NC(=O)C(O)C(O)c1nc2ccccc2s1)c1ccc(-n2cncn2)cc1. The molecule has 0 radical (unpaired) electrons. The van der Waals surface area contributed by atoms with E-state index in [1.54, 1.807) is 17.9 Å². The highest BCUT2D eigenvalue weighted by Gasteiger charge is 2.29. The van der Waals surface area contributed by atoms with Gasteiger partial charge in [0.15, 0.2) is 6.10 Å². The Morgan fingerprint density at radius 1 is 1.14 bits per heavy atom. The molecule has 0 aliphatic carbocycles. The molecule has 3 N–H and O–H groups in total. The molecule has 0 aliphatic heterocycles. The van der Waals surface area contributed by atoms with E-state index in [0.29, 0.717) is 5.01 Å². The molecule has 2 aromatic carbocycles. The molecule has 3 unspecified atom stereocenters. The van der Waals surface area contributed by atoms with Gasteiger partial charge in [0, 0.05) is 0 Å². The van der Waals surface area contributed by atoms with Gasteiger partial charge in [0.1, 0.15) is 23.8 Å². The fraction of sp³-hybridized carbons (Fsp3) is 0.200. The molecule has 2 aromatic heterocycles. The van der Waals surface area contributed by atoms with Crippen LogP contribution in [0.3, 0.4) is 0 Å². The molecule has 0 saturated heterocycles. The lowest BCUT2D eigenvalue weighted by molar-refractivity contribution is -0.136. The van der Waals surface area contributed by atoms with E-state index in [4.69, 9.17) is 0 Å². The molecule has 0 fully saturated rings. The zero-order valence-electron chi connectivity index (χ0n) is 15.5. The van der Waals surface area contributed by atoms with Crippen molar-refractivity contribution in [2.24, 2.45) is 0 Å². The normalized spacial score (nSPS) is 14.4. The van der Waals surface area contributed by atoms with Crippen molar-refractivity contribution < 1.29 is 15.0 Å². The number of hydrogen-bond donors (Lipinski definition) is 3. The zero-order valence-corrected chi connectivity index (χ0v) is 16.3. The van der Waals surface area contributed by atoms with Crippen LogP contribution >= 0.6 is 11.3 Å². The maximum absolute atomic E-state index is 12.4. The number of benzene rings is 2. The highest BCUT2D eigenvalue weighted by atomic mass is 32.1. The second-order valence-corrected chi connectivity index (χ2v) is 7.63. The maximum Gasteiger partial charge on any atom is 0.252 e. The van der Waals surface area contributed by atoms with E-state index in [-0.39, 0.29) is 6.04 Å². The Labute approximate surface area is 170 Å². The highest BCUT2D eigenvalue weighted by molar-refractivity contribution is 7.18. The van der Waals surface area contributed by atoms with Crippen LogP contribution in [0.1, 0.15) is 29.6 Å². The topological polar surface area (TPSA) is 113 Å². The molecule has 2 heterocycles. The predicted molar refractivity (Wildman–Crippen MR) is 109 cm³/mol. The van der Waals surface area contributed by atoms with Crippen molar-refractivity contribution in [3.05, 3.63) is 71.8 Å². The maximum atomic E-state index is 12.4. The van der Waals surface area contributed by atoms with Gasteiger partial charge in [-0.25, -0.2) is 14.6 Å². The van der Waals surface area contributed by atoms with E-state index in [1.165, 1.54) is 17.7 Å². The van der Waals surface area contributed by atoms with Crippen molar-refractivity contribution in [1.29, 1.82) is 0 Å². The van der Waals surface area contributed by atoms with Crippen molar-refractivity contribution in [3.8, 4) is 5.69 Å². The Bertz CT molecular complexity index is 1080. The average molecular weight is 409 g/mol. The van der Waals surface area contributed by atoms with Crippen LogP contribution in [0, 0.1) is 0 Å². The molecule has 8 nitrogen and oxygen atoms in total. The number of hydrogen-bond acceptors (Lipinski definition) is 7. The van der Waals surface area contributed by atoms with E-state index in [9.17, 15) is 15.0 Å². The van der Waals surface area contributed by atoms with Gasteiger partial charge in [-0.05, 0) is 36.8 Å². The molecule has 4 aromatic rings. The van der Waals surface area contributed by atoms with Crippen LogP contribution in [0.25, 0.3) is 15.9 Å². The Hall–Kier alpha value is -3.14. The van der Waals surface area contributed by atoms with Crippen LogP contribution in [-0.4, -0.2) is 42.0 Å². The number of para-hydroxylation sites is 1. The van der Waals surface area contributed by atoms with Gasteiger partial charge >= 0.3 is 0 Å². The van der Waals surface area contributed by atoms with Gasteiger partial charge in [-0.3, -0.25) is 4.79 Å². The first-order valence-electron chi connectivity index (χ1n) is 9.00. The summed E-state index contributed by atoms with van der Waals surface area (Å²) in [4.78, 5) is 20.7. The number of rotatable bonds is 6. The molecule has 3 atom stereocenters. The summed E-state index contributed by atoms with van der Waals surface area (Å²) in [7, 11) is 0. The Morgan fingerprint density at radius 3 is 2.59 bits per heavy atom. The van der Waals surface area contributed by atoms with Gasteiger partial charge < -0.3 is 15.5 Å². The number of aromatic nitrogens is 4. The molecule has 148 valence electrons. The highest BCUT2D eigenvalue weighted by Crippen LogP contribution is 2.28. The van der Waals surface area contributed by atoms with Crippen LogP contribution in [0.4, 0.5) is 0 Å². The molecule has 0 bridgehead atoms. The second-order valence-electron chi connectivity index (χ2n) is 6.57. The monoisotopic (exact) mass is 409 g/mol. The lowest BCUT2D eigenvalue weighted by Gasteiger charge is -2.20. The number of aliphatic hydroxyl groups is 2. The Balaban J connectivity index is 1.42. The summed E-state index contributed by atoms with van der Waals surface area (Å²) in [5.41, 5.74) is 2.42. The van der Waals surface area contributed by atoms with E-state index in [0.717, 1.165) is 21.5 Å². The third kappa shape index (κ3) is 4.02. The van der Waals surface area contributed by atoms with Gasteiger partial charge in [-0.2, -0.15) is 5.10 Å². The minimum absolute atomic E-state index is 0.304. The summed E-state index contributed by atoms with van der Waals surface area (Å²) in [5, 5.41) is 27.8. The summed E-state index contributed by atoms with van der Waals surface area (Å²) >= 11 is 1.25. The second kappa shape index (κ2) is 8.08. The summed E-state index contributed by atoms with van der Waals surface area (Å²) in [6.45, 7) is 1.80. The lowest BCUT2D eigenvalue weighted by Crippen LogP contribution is -2.39. The van der Waals surface area contributed by atoms with Crippen molar-refractivity contribution in [3.63, 3.8) is 0 Å². The van der Waals surface area contributed by atoms with Gasteiger partial charge in [-0.1, -0.05) is 24.3 Å². The van der Waals surface area contributed by atoms with Gasteiger partial charge in [-0.15, -0.1) is 11.3 Å². The minimum atomic E-state index is -1.62. The molecule has 1 amide bonds. The molecule has 4 rings (SSSR count). The van der Waals surface area contributed by atoms with E-state index in [1.807, 2.05) is 48.5 Å². The Morgan fingerprint density at radius 2 is 1.90 bits per heavy atom. The number of aliphatic hydroxyl groups excluding tert-OH is 2. The largest absolute Gasteiger partial charge is 0.383 e. The molecular formula is C20H19N5O3S. The first-order valence-corrected chi connectivity index (χ1v) is 9.81. The van der Waals surface area contributed by atoms with Crippen LogP contribution in [-0.2, 0) is 4.79 Å². The first kappa shape index (κ1) is 19.2. The van der Waals surface area contributed by atoms with E-state index >= 15 is 0 Å². The van der Waals surface area contributed by atoms with Gasteiger partial charge in [0.05, 0.1) is 21.9 Å². The average Bonchev–Trinajstić information content (AvgIpc) is 3.42. The van der Waals surface area contributed by atoms with Crippen molar-refractivity contribution in [1.82, 2.24) is 25.1 Å². The number of nitrogens with one attached hydrogen (secondary N) is 1. The van der Waals surface area contributed by atoms with Crippen LogP contribution < -0.4 is 5.32 Å². The van der Waals surface area contributed by atoms with Crippen LogP contribution in [0.2, 0.25) is 0 Å². The quantitative estimate of drug-likeness (QED) is 0.450. The fourth-order valence-electron chi connectivity index (χ4n) is 2.93. The molecule has 0 aliphatic rings. The molecular weight excluding hydrogens is 390 g/mol. The van der Waals surface area contributed by atoms with Gasteiger partial charge in [0.25, 0.3) is 5.91 Å². The molecule has 0 spiro atoms. The Kier molecular flexibility index (Phi) is 5.34. The van der Waals surface area contributed by atoms with Crippen molar-refractivity contribution >= 4 is 27.5 Å². The van der Waals surface area contributed by atoms with Crippen molar-refractivity contribution in [2.75, 3.05) is 0 Å². The third-order valence-corrected chi connectivity index (χ3v) is 5.67. The first-order chi connectivity index (χ1) is 14.0. The predicted octanol–water partition coefficient (Wildman–Crippen LogP) is 2.15. The minimum Gasteiger partial charge on any atom is -0.383 e. The summed E-state index contributed by atoms with van der Waals surface area (Å²) in [5.74, 6) is -0.662. The number of amides is 1. The van der Waals surface area contributed by atoms with Crippen molar-refractivity contribution in [2.45, 2.75) is 25.2 Å². The van der Waals surface area contributed by atoms with Crippen LogP contribution in [0.15, 0.2) is 61.2 Å². The number of nitrogens with zero attached hydrogens (tertiary/aromatic N) is 4. The summed E-state index contributed by atoms with van der Waals surface area (Å²) in [6.07, 6.45) is 0.0382.